The van der Waals surface area contributed by atoms with E-state index in [1.54, 1.807) is 0 Å². The lowest BCUT2D eigenvalue weighted by atomic mass is 9.91. The number of allylic oxidation sites excluding steroid dienone is 1. The minimum absolute atomic E-state index is 0.0634. The molecule has 3 saturated heterocycles. The summed E-state index contributed by atoms with van der Waals surface area (Å²) in [5.41, 5.74) is 1.03. The molecule has 0 bridgehead atoms. The molecule has 0 spiro atoms. The second kappa shape index (κ2) is 7.28. The Bertz CT molecular complexity index is 530. The van der Waals surface area contributed by atoms with Gasteiger partial charge >= 0.3 is 5.97 Å². The number of hydrogen-bond donors (Lipinski definition) is 4. The van der Waals surface area contributed by atoms with Gasteiger partial charge in [0.05, 0.1) is 19.3 Å². The molecular formula is C16H24O9. The number of esters is 1. The molecule has 0 radical (unpaired) electrons. The van der Waals surface area contributed by atoms with Crippen molar-refractivity contribution in [3.05, 3.63) is 11.6 Å². The molecule has 9 heteroatoms. The van der Waals surface area contributed by atoms with E-state index in [-0.39, 0.29) is 24.8 Å². The van der Waals surface area contributed by atoms with Gasteiger partial charge < -0.3 is 39.4 Å². The van der Waals surface area contributed by atoms with Crippen molar-refractivity contribution in [1.29, 1.82) is 0 Å². The van der Waals surface area contributed by atoms with Gasteiger partial charge in [0.2, 0.25) is 0 Å². The van der Waals surface area contributed by atoms with Crippen molar-refractivity contribution in [1.82, 2.24) is 0 Å². The van der Waals surface area contributed by atoms with Crippen LogP contribution in [0.15, 0.2) is 11.6 Å². The zero-order valence-corrected chi connectivity index (χ0v) is 14.0. The van der Waals surface area contributed by atoms with E-state index in [0.29, 0.717) is 0 Å². The summed E-state index contributed by atoms with van der Waals surface area (Å²) in [4.78, 5) is 11.7. The molecule has 25 heavy (non-hydrogen) atoms. The molecule has 0 aliphatic carbocycles. The molecule has 9 nitrogen and oxygen atoms in total. The van der Waals surface area contributed by atoms with Gasteiger partial charge in [0.1, 0.15) is 42.5 Å². The Morgan fingerprint density at radius 1 is 1.12 bits per heavy atom. The summed E-state index contributed by atoms with van der Waals surface area (Å²) in [6.07, 6.45) is -6.16. The van der Waals surface area contributed by atoms with Crippen LogP contribution in [0.25, 0.3) is 0 Å². The molecule has 142 valence electrons. The molecule has 3 fully saturated rings. The highest BCUT2D eigenvalue weighted by atomic mass is 16.7. The second-order valence-corrected chi connectivity index (χ2v) is 6.84. The van der Waals surface area contributed by atoms with Crippen LogP contribution in [-0.4, -0.2) is 88.6 Å². The molecule has 4 N–H and O–H groups in total. The maximum Gasteiger partial charge on any atom is 0.316 e. The van der Waals surface area contributed by atoms with Crippen molar-refractivity contribution in [3.63, 3.8) is 0 Å². The Morgan fingerprint density at radius 3 is 2.44 bits per heavy atom. The fourth-order valence-electron chi connectivity index (χ4n) is 3.35. The smallest absolute Gasteiger partial charge is 0.316 e. The maximum atomic E-state index is 11.7. The number of ether oxygens (including phenoxy) is 4. The number of aliphatic hydroxyl groups excluding tert-OH is 4. The summed E-state index contributed by atoms with van der Waals surface area (Å²) >= 11 is 0. The first-order valence-corrected chi connectivity index (χ1v) is 8.26. The molecule has 0 aromatic rings. The van der Waals surface area contributed by atoms with Gasteiger partial charge in [0.15, 0.2) is 6.29 Å². The summed E-state index contributed by atoms with van der Waals surface area (Å²) in [6.45, 7) is 3.23. The summed E-state index contributed by atoms with van der Waals surface area (Å²) in [7, 11) is 0. The third-order valence-electron chi connectivity index (χ3n) is 4.71. The van der Waals surface area contributed by atoms with E-state index in [0.717, 1.165) is 5.57 Å². The van der Waals surface area contributed by atoms with Crippen LogP contribution >= 0.6 is 0 Å². The van der Waals surface area contributed by atoms with Gasteiger partial charge in [-0.3, -0.25) is 4.79 Å². The number of carbonyl (C=O) groups excluding carboxylic acids is 1. The molecule has 0 amide bonds. The summed E-state index contributed by atoms with van der Waals surface area (Å²) < 4.78 is 21.7. The first-order chi connectivity index (χ1) is 11.8. The van der Waals surface area contributed by atoms with E-state index in [1.165, 1.54) is 0 Å². The van der Waals surface area contributed by atoms with Crippen molar-refractivity contribution < 1.29 is 44.2 Å². The van der Waals surface area contributed by atoms with Crippen molar-refractivity contribution >= 4 is 5.97 Å². The quantitative estimate of drug-likeness (QED) is 0.327. The molecule has 3 rings (SSSR count). The predicted octanol–water partition coefficient (Wildman–Crippen LogP) is -1.92. The zero-order valence-electron chi connectivity index (χ0n) is 14.0. The van der Waals surface area contributed by atoms with E-state index in [1.807, 2.05) is 19.9 Å². The van der Waals surface area contributed by atoms with Crippen LogP contribution in [0.2, 0.25) is 0 Å². The van der Waals surface area contributed by atoms with E-state index in [4.69, 9.17) is 18.9 Å². The lowest BCUT2D eigenvalue weighted by Crippen LogP contribution is -2.59. The first-order valence-electron chi connectivity index (χ1n) is 8.26. The van der Waals surface area contributed by atoms with Crippen LogP contribution in [0.4, 0.5) is 0 Å². The second-order valence-electron chi connectivity index (χ2n) is 6.84. The van der Waals surface area contributed by atoms with Crippen molar-refractivity contribution in [3.8, 4) is 0 Å². The third kappa shape index (κ3) is 3.45. The molecule has 3 aliphatic rings. The van der Waals surface area contributed by atoms with Crippen LogP contribution in [0.5, 0.6) is 0 Å². The third-order valence-corrected chi connectivity index (χ3v) is 4.71. The minimum atomic E-state index is -1.51. The highest BCUT2D eigenvalue weighted by molar-refractivity contribution is 5.80. The van der Waals surface area contributed by atoms with Crippen LogP contribution in [0, 0.1) is 5.92 Å². The lowest BCUT2D eigenvalue weighted by Gasteiger charge is -2.40. The fourth-order valence-corrected chi connectivity index (χ4v) is 3.35. The largest absolute Gasteiger partial charge is 0.458 e. The standard InChI is InChI=1S/C16H24O9/c1-6(2)3-7-14-10(15(21)25-14)9(23-7)5-22-16-13(20)12(19)11(18)8(4-17)24-16/h3,7-14,16-20H,4-5H2,1-2H3/t7-,8-,9+,10+,11-,12+,13-,14-,16-/m1/s1. The van der Waals surface area contributed by atoms with Gasteiger partial charge in [-0.2, -0.15) is 0 Å². The number of fused-ring (bicyclic) bond motifs is 1. The maximum absolute atomic E-state index is 11.7. The van der Waals surface area contributed by atoms with E-state index in [2.05, 4.69) is 0 Å². The molecule has 9 atom stereocenters. The predicted molar refractivity (Wildman–Crippen MR) is 81.2 cm³/mol. The molecule has 0 aromatic carbocycles. The number of carbonyl (C=O) groups is 1. The van der Waals surface area contributed by atoms with Gasteiger partial charge in [0.25, 0.3) is 0 Å². The Kier molecular flexibility index (Phi) is 5.45. The molecule has 0 aromatic heterocycles. The fraction of sp³-hybridized carbons (Fsp3) is 0.812. The molecule has 0 unspecified atom stereocenters. The van der Waals surface area contributed by atoms with E-state index < -0.39 is 49.3 Å². The van der Waals surface area contributed by atoms with Crippen LogP contribution < -0.4 is 0 Å². The topological polar surface area (TPSA) is 135 Å². The summed E-state index contributed by atoms with van der Waals surface area (Å²) in [5, 5.41) is 38.7. The van der Waals surface area contributed by atoms with E-state index >= 15 is 0 Å². The highest BCUT2D eigenvalue weighted by Gasteiger charge is 2.58. The Balaban J connectivity index is 1.61. The molecule has 0 saturated carbocycles. The van der Waals surface area contributed by atoms with Crippen molar-refractivity contribution in [2.24, 2.45) is 5.92 Å². The summed E-state index contributed by atoms with van der Waals surface area (Å²) in [5.74, 6) is -0.817. The Hall–Kier alpha value is -1.07. The average Bonchev–Trinajstić information content (AvgIpc) is 2.82. The first kappa shape index (κ1) is 18.7. The van der Waals surface area contributed by atoms with E-state index in [9.17, 15) is 25.2 Å². The van der Waals surface area contributed by atoms with Gasteiger partial charge in [-0.1, -0.05) is 11.6 Å². The number of rotatable bonds is 5. The summed E-state index contributed by atoms with van der Waals surface area (Å²) in [6, 6.07) is 0. The molecular weight excluding hydrogens is 336 g/mol. The molecule has 3 aliphatic heterocycles. The van der Waals surface area contributed by atoms with Crippen molar-refractivity contribution in [2.45, 2.75) is 62.9 Å². The SMILES string of the molecule is CC(C)=C[C@H]1O[C@@H](CO[C@@H]2O[C@H](CO)[C@@H](O)[C@H](O)[C@H]2O)[C@@H]2C(=O)O[C@@H]21. The van der Waals surface area contributed by atoms with Crippen LogP contribution in [-0.2, 0) is 23.7 Å². The van der Waals surface area contributed by atoms with Crippen LogP contribution in [0.1, 0.15) is 13.8 Å². The zero-order chi connectivity index (χ0) is 18.3. The average molecular weight is 360 g/mol. The van der Waals surface area contributed by atoms with Crippen molar-refractivity contribution in [2.75, 3.05) is 13.2 Å². The normalized spacial score (nSPS) is 46.2. The van der Waals surface area contributed by atoms with Gasteiger partial charge in [-0.05, 0) is 13.8 Å². The monoisotopic (exact) mass is 360 g/mol. The Morgan fingerprint density at radius 2 is 1.84 bits per heavy atom. The lowest BCUT2D eigenvalue weighted by molar-refractivity contribution is -0.305. The molecule has 3 heterocycles. The minimum Gasteiger partial charge on any atom is -0.458 e. The highest BCUT2D eigenvalue weighted by Crippen LogP contribution is 2.39. The number of aliphatic hydroxyl groups is 4. The Labute approximate surface area is 144 Å². The van der Waals surface area contributed by atoms with Crippen LogP contribution in [0.3, 0.4) is 0 Å². The van der Waals surface area contributed by atoms with Gasteiger partial charge in [0, 0.05) is 0 Å². The van der Waals surface area contributed by atoms with Gasteiger partial charge in [-0.15, -0.1) is 0 Å². The van der Waals surface area contributed by atoms with Gasteiger partial charge in [-0.25, -0.2) is 0 Å². The number of hydrogen-bond acceptors (Lipinski definition) is 9.